The predicted molar refractivity (Wildman–Crippen MR) is 66.0 cm³/mol. The molecule has 0 saturated carbocycles. The molecule has 17 heavy (non-hydrogen) atoms. The standard InChI is InChI=1S/C13H19FN2O/c1-2-3-7-16-13(17)10-15-9-11-5-4-6-12(14)8-11/h4-6,8,15H,2-3,7,9-10H2,1H3,(H,16,17). The van der Waals surface area contributed by atoms with E-state index in [0.29, 0.717) is 6.54 Å². The monoisotopic (exact) mass is 238 g/mol. The Morgan fingerprint density at radius 2 is 2.24 bits per heavy atom. The van der Waals surface area contributed by atoms with Gasteiger partial charge in [-0.1, -0.05) is 25.5 Å². The van der Waals surface area contributed by atoms with E-state index in [-0.39, 0.29) is 18.3 Å². The molecule has 2 N–H and O–H groups in total. The number of hydrogen-bond donors (Lipinski definition) is 2. The van der Waals surface area contributed by atoms with E-state index in [4.69, 9.17) is 0 Å². The van der Waals surface area contributed by atoms with Gasteiger partial charge in [0.1, 0.15) is 5.82 Å². The average molecular weight is 238 g/mol. The van der Waals surface area contributed by atoms with Gasteiger partial charge in [-0.3, -0.25) is 4.79 Å². The molecule has 1 aromatic carbocycles. The quantitative estimate of drug-likeness (QED) is 0.712. The molecule has 1 amide bonds. The number of unbranched alkanes of at least 4 members (excludes halogenated alkanes) is 1. The fraction of sp³-hybridized carbons (Fsp3) is 0.462. The Kier molecular flexibility index (Phi) is 6.25. The second kappa shape index (κ2) is 7.79. The summed E-state index contributed by atoms with van der Waals surface area (Å²) in [5, 5.41) is 5.78. The van der Waals surface area contributed by atoms with Gasteiger partial charge in [-0.15, -0.1) is 0 Å². The molecule has 0 fully saturated rings. The molecule has 0 saturated heterocycles. The number of rotatable bonds is 7. The van der Waals surface area contributed by atoms with Crippen LogP contribution in [0.15, 0.2) is 24.3 Å². The SMILES string of the molecule is CCCCNC(=O)CNCc1cccc(F)c1. The number of carbonyl (C=O) groups excluding carboxylic acids is 1. The minimum absolute atomic E-state index is 0.0187. The molecule has 0 atom stereocenters. The predicted octanol–water partition coefficient (Wildman–Crippen LogP) is 1.83. The van der Waals surface area contributed by atoms with E-state index in [2.05, 4.69) is 17.6 Å². The van der Waals surface area contributed by atoms with E-state index >= 15 is 0 Å². The Bertz CT molecular complexity index is 355. The Labute approximate surface area is 101 Å². The topological polar surface area (TPSA) is 41.1 Å². The molecule has 0 unspecified atom stereocenters. The third kappa shape index (κ3) is 6.02. The summed E-state index contributed by atoms with van der Waals surface area (Å²) in [6.07, 6.45) is 2.06. The van der Waals surface area contributed by atoms with Crippen LogP contribution >= 0.6 is 0 Å². The van der Waals surface area contributed by atoms with Crippen LogP contribution in [-0.2, 0) is 11.3 Å². The van der Waals surface area contributed by atoms with Crippen LogP contribution in [0.2, 0.25) is 0 Å². The number of benzene rings is 1. The second-order valence-corrected chi connectivity index (χ2v) is 3.94. The van der Waals surface area contributed by atoms with E-state index in [0.717, 1.165) is 24.9 Å². The van der Waals surface area contributed by atoms with Crippen LogP contribution in [-0.4, -0.2) is 19.0 Å². The molecular formula is C13H19FN2O. The fourth-order valence-corrected chi connectivity index (χ4v) is 1.43. The van der Waals surface area contributed by atoms with Crippen molar-refractivity contribution in [2.45, 2.75) is 26.3 Å². The maximum Gasteiger partial charge on any atom is 0.233 e. The molecule has 0 spiro atoms. The summed E-state index contributed by atoms with van der Waals surface area (Å²) in [5.74, 6) is -0.272. The zero-order valence-corrected chi connectivity index (χ0v) is 10.1. The fourth-order valence-electron chi connectivity index (χ4n) is 1.43. The van der Waals surface area contributed by atoms with E-state index in [1.165, 1.54) is 12.1 Å². The van der Waals surface area contributed by atoms with Crippen LogP contribution in [0.25, 0.3) is 0 Å². The summed E-state index contributed by atoms with van der Waals surface area (Å²) in [6.45, 7) is 3.56. The van der Waals surface area contributed by atoms with Gasteiger partial charge in [0.15, 0.2) is 0 Å². The highest BCUT2D eigenvalue weighted by molar-refractivity contribution is 5.77. The van der Waals surface area contributed by atoms with Gasteiger partial charge >= 0.3 is 0 Å². The Morgan fingerprint density at radius 3 is 2.94 bits per heavy atom. The minimum atomic E-state index is -0.253. The van der Waals surface area contributed by atoms with Gasteiger partial charge in [-0.25, -0.2) is 4.39 Å². The number of nitrogens with one attached hydrogen (secondary N) is 2. The number of amides is 1. The average Bonchev–Trinajstić information content (AvgIpc) is 2.29. The van der Waals surface area contributed by atoms with Crippen molar-refractivity contribution >= 4 is 5.91 Å². The lowest BCUT2D eigenvalue weighted by Crippen LogP contribution is -2.34. The van der Waals surface area contributed by atoms with Crippen molar-refractivity contribution in [3.63, 3.8) is 0 Å². The number of carbonyl (C=O) groups is 1. The maximum absolute atomic E-state index is 12.9. The van der Waals surface area contributed by atoms with Crippen LogP contribution in [0, 0.1) is 5.82 Å². The molecular weight excluding hydrogens is 219 g/mol. The van der Waals surface area contributed by atoms with Crippen molar-refractivity contribution in [1.29, 1.82) is 0 Å². The molecule has 0 aliphatic heterocycles. The van der Waals surface area contributed by atoms with Crippen molar-refractivity contribution < 1.29 is 9.18 Å². The molecule has 0 aromatic heterocycles. The lowest BCUT2D eigenvalue weighted by Gasteiger charge is -2.06. The first-order valence-corrected chi connectivity index (χ1v) is 5.94. The molecule has 0 aliphatic carbocycles. The van der Waals surface area contributed by atoms with Gasteiger partial charge in [0.25, 0.3) is 0 Å². The summed E-state index contributed by atoms with van der Waals surface area (Å²) in [4.78, 5) is 11.3. The Balaban J connectivity index is 2.17. The van der Waals surface area contributed by atoms with Crippen molar-refractivity contribution in [3.05, 3.63) is 35.6 Å². The summed E-state index contributed by atoms with van der Waals surface area (Å²) in [5.41, 5.74) is 0.839. The Hall–Kier alpha value is -1.42. The number of hydrogen-bond acceptors (Lipinski definition) is 2. The van der Waals surface area contributed by atoms with Crippen molar-refractivity contribution in [2.24, 2.45) is 0 Å². The lowest BCUT2D eigenvalue weighted by atomic mass is 10.2. The van der Waals surface area contributed by atoms with E-state index in [1.54, 1.807) is 6.07 Å². The normalized spacial score (nSPS) is 10.2. The second-order valence-electron chi connectivity index (χ2n) is 3.94. The van der Waals surface area contributed by atoms with Gasteiger partial charge in [0, 0.05) is 13.1 Å². The first kappa shape index (κ1) is 13.6. The van der Waals surface area contributed by atoms with Crippen LogP contribution in [0.3, 0.4) is 0 Å². The van der Waals surface area contributed by atoms with Gasteiger partial charge in [-0.05, 0) is 24.1 Å². The van der Waals surface area contributed by atoms with Crippen LogP contribution < -0.4 is 10.6 Å². The van der Waals surface area contributed by atoms with E-state index in [1.807, 2.05) is 6.07 Å². The van der Waals surface area contributed by atoms with Crippen molar-refractivity contribution in [1.82, 2.24) is 10.6 Å². The van der Waals surface area contributed by atoms with Gasteiger partial charge < -0.3 is 10.6 Å². The molecule has 94 valence electrons. The summed E-state index contributed by atoms with van der Waals surface area (Å²) in [6, 6.07) is 6.35. The molecule has 0 radical (unpaired) electrons. The first-order chi connectivity index (χ1) is 8.22. The Morgan fingerprint density at radius 1 is 1.41 bits per heavy atom. The molecule has 0 heterocycles. The number of halogens is 1. The molecule has 4 heteroatoms. The highest BCUT2D eigenvalue weighted by atomic mass is 19.1. The molecule has 3 nitrogen and oxygen atoms in total. The highest BCUT2D eigenvalue weighted by Crippen LogP contribution is 2.02. The van der Waals surface area contributed by atoms with Crippen molar-refractivity contribution in [3.8, 4) is 0 Å². The van der Waals surface area contributed by atoms with Gasteiger partial charge in [0.2, 0.25) is 5.91 Å². The summed E-state index contributed by atoms with van der Waals surface area (Å²) in [7, 11) is 0. The van der Waals surface area contributed by atoms with Crippen LogP contribution in [0.1, 0.15) is 25.3 Å². The zero-order valence-electron chi connectivity index (χ0n) is 10.1. The molecule has 1 aromatic rings. The minimum Gasteiger partial charge on any atom is -0.355 e. The zero-order chi connectivity index (χ0) is 12.5. The molecule has 1 rings (SSSR count). The molecule has 0 bridgehead atoms. The van der Waals surface area contributed by atoms with Crippen LogP contribution in [0.4, 0.5) is 4.39 Å². The summed E-state index contributed by atoms with van der Waals surface area (Å²) < 4.78 is 12.9. The van der Waals surface area contributed by atoms with Crippen molar-refractivity contribution in [2.75, 3.05) is 13.1 Å². The van der Waals surface area contributed by atoms with Gasteiger partial charge in [0.05, 0.1) is 6.54 Å². The third-order valence-corrected chi connectivity index (χ3v) is 2.36. The lowest BCUT2D eigenvalue weighted by molar-refractivity contribution is -0.120. The molecule has 0 aliphatic rings. The third-order valence-electron chi connectivity index (χ3n) is 2.36. The van der Waals surface area contributed by atoms with E-state index in [9.17, 15) is 9.18 Å². The highest BCUT2D eigenvalue weighted by Gasteiger charge is 2.00. The summed E-state index contributed by atoms with van der Waals surface area (Å²) >= 11 is 0. The van der Waals surface area contributed by atoms with Crippen LogP contribution in [0.5, 0.6) is 0 Å². The maximum atomic E-state index is 12.9. The largest absolute Gasteiger partial charge is 0.355 e. The van der Waals surface area contributed by atoms with E-state index < -0.39 is 0 Å². The van der Waals surface area contributed by atoms with Gasteiger partial charge in [-0.2, -0.15) is 0 Å². The smallest absolute Gasteiger partial charge is 0.233 e. The first-order valence-electron chi connectivity index (χ1n) is 5.94.